The van der Waals surface area contributed by atoms with Gasteiger partial charge in [-0.25, -0.2) is 0 Å². The molecule has 0 aromatic heterocycles. The Morgan fingerprint density at radius 3 is 2.30 bits per heavy atom. The summed E-state index contributed by atoms with van der Waals surface area (Å²) in [7, 11) is 2.12. The van der Waals surface area contributed by atoms with Crippen LogP contribution >= 0.6 is 0 Å². The van der Waals surface area contributed by atoms with E-state index in [1.54, 1.807) is 0 Å². The lowest BCUT2D eigenvalue weighted by Crippen LogP contribution is -2.49. The molecule has 0 bridgehead atoms. The minimum atomic E-state index is 0.00426. The van der Waals surface area contributed by atoms with Gasteiger partial charge in [0.2, 0.25) is 5.91 Å². The fraction of sp³-hybridized carbons (Fsp3) is 0.588. The quantitative estimate of drug-likeness (QED) is 0.842. The smallest absolute Gasteiger partial charge is 0.230 e. The lowest BCUT2D eigenvalue weighted by atomic mass is 9.84. The van der Waals surface area contributed by atoms with E-state index in [9.17, 15) is 4.79 Å². The summed E-state index contributed by atoms with van der Waals surface area (Å²) in [6.07, 6.45) is 1.03. The Labute approximate surface area is 122 Å². The molecule has 20 heavy (non-hydrogen) atoms. The third-order valence-corrected chi connectivity index (χ3v) is 4.45. The molecular weight excluding hydrogens is 248 g/mol. The third-order valence-electron chi connectivity index (χ3n) is 4.45. The van der Waals surface area contributed by atoms with Crippen LogP contribution in [0.4, 0.5) is 0 Å². The molecule has 2 unspecified atom stereocenters. The van der Waals surface area contributed by atoms with E-state index in [0.29, 0.717) is 11.8 Å². The summed E-state index contributed by atoms with van der Waals surface area (Å²) in [6.45, 7) is 8.02. The molecule has 1 fully saturated rings. The molecule has 110 valence electrons. The Morgan fingerprint density at radius 1 is 1.15 bits per heavy atom. The zero-order chi connectivity index (χ0) is 14.5. The van der Waals surface area contributed by atoms with E-state index in [4.69, 9.17) is 0 Å². The van der Waals surface area contributed by atoms with Gasteiger partial charge in [0.15, 0.2) is 0 Å². The Morgan fingerprint density at radius 2 is 1.75 bits per heavy atom. The molecule has 2 atom stereocenters. The predicted molar refractivity (Wildman–Crippen MR) is 82.7 cm³/mol. The number of carbonyl (C=O) groups excluding carboxylic acids is 1. The highest BCUT2D eigenvalue weighted by Gasteiger charge is 2.30. The fourth-order valence-corrected chi connectivity index (χ4v) is 2.83. The number of nitrogens with zero attached hydrogens (tertiary/aromatic N) is 2. The van der Waals surface area contributed by atoms with E-state index in [1.807, 2.05) is 23.1 Å². The third kappa shape index (κ3) is 3.40. The van der Waals surface area contributed by atoms with Crippen molar-refractivity contribution in [2.75, 3.05) is 33.2 Å². The van der Waals surface area contributed by atoms with Crippen LogP contribution in [0.1, 0.15) is 31.7 Å². The Bertz CT molecular complexity index is 424. The van der Waals surface area contributed by atoms with E-state index in [1.165, 1.54) is 0 Å². The summed E-state index contributed by atoms with van der Waals surface area (Å²) in [5.74, 6) is 0.688. The van der Waals surface area contributed by atoms with Gasteiger partial charge in [-0.2, -0.15) is 0 Å². The zero-order valence-corrected chi connectivity index (χ0v) is 12.9. The van der Waals surface area contributed by atoms with Crippen LogP contribution in [0.3, 0.4) is 0 Å². The molecule has 0 saturated carbocycles. The van der Waals surface area contributed by atoms with Gasteiger partial charge in [0.1, 0.15) is 0 Å². The van der Waals surface area contributed by atoms with Crippen molar-refractivity contribution in [3.05, 3.63) is 35.9 Å². The molecule has 3 nitrogen and oxygen atoms in total. The van der Waals surface area contributed by atoms with Crippen LogP contribution in [0.5, 0.6) is 0 Å². The van der Waals surface area contributed by atoms with Crippen molar-refractivity contribution in [3.63, 3.8) is 0 Å². The van der Waals surface area contributed by atoms with Crippen LogP contribution in [-0.2, 0) is 4.79 Å². The van der Waals surface area contributed by atoms with E-state index < -0.39 is 0 Å². The maximum atomic E-state index is 12.9. The van der Waals surface area contributed by atoms with Crippen molar-refractivity contribution in [1.82, 2.24) is 9.80 Å². The van der Waals surface area contributed by atoms with E-state index in [2.05, 4.69) is 37.9 Å². The van der Waals surface area contributed by atoms with Gasteiger partial charge in [-0.15, -0.1) is 0 Å². The summed E-state index contributed by atoms with van der Waals surface area (Å²) in [4.78, 5) is 17.2. The minimum absolute atomic E-state index is 0.00426. The Balaban J connectivity index is 2.17. The lowest BCUT2D eigenvalue weighted by Gasteiger charge is -2.36. The van der Waals surface area contributed by atoms with Gasteiger partial charge in [-0.3, -0.25) is 4.79 Å². The molecule has 0 aliphatic carbocycles. The first-order valence-corrected chi connectivity index (χ1v) is 7.65. The second kappa shape index (κ2) is 6.89. The number of hydrogen-bond donors (Lipinski definition) is 0. The molecule has 1 aromatic carbocycles. The van der Waals surface area contributed by atoms with Crippen molar-refractivity contribution in [2.45, 2.75) is 26.2 Å². The molecule has 1 saturated heterocycles. The standard InChI is InChI=1S/C17H26N2O/c1-4-14(2)16(15-8-6-5-7-9-15)17(20)19-12-10-18(3)11-13-19/h5-9,14,16H,4,10-13H2,1-3H3. The molecular formula is C17H26N2O. The second-order valence-corrected chi connectivity index (χ2v) is 5.90. The van der Waals surface area contributed by atoms with E-state index >= 15 is 0 Å². The number of rotatable bonds is 4. The first-order chi connectivity index (χ1) is 9.63. The summed E-state index contributed by atoms with van der Waals surface area (Å²) < 4.78 is 0. The number of amides is 1. The summed E-state index contributed by atoms with van der Waals surface area (Å²) in [6, 6.07) is 10.2. The largest absolute Gasteiger partial charge is 0.340 e. The molecule has 3 heteroatoms. The molecule has 1 amide bonds. The molecule has 1 aliphatic rings. The fourth-order valence-electron chi connectivity index (χ4n) is 2.83. The average molecular weight is 274 g/mol. The second-order valence-electron chi connectivity index (χ2n) is 5.90. The van der Waals surface area contributed by atoms with Crippen LogP contribution in [0, 0.1) is 5.92 Å². The van der Waals surface area contributed by atoms with Gasteiger partial charge >= 0.3 is 0 Å². The van der Waals surface area contributed by atoms with Crippen LogP contribution in [0.15, 0.2) is 30.3 Å². The van der Waals surface area contributed by atoms with Gasteiger partial charge in [0.05, 0.1) is 5.92 Å². The summed E-state index contributed by atoms with van der Waals surface area (Å²) in [5, 5.41) is 0. The topological polar surface area (TPSA) is 23.6 Å². The molecule has 2 rings (SSSR count). The van der Waals surface area contributed by atoms with Gasteiger partial charge in [-0.05, 0) is 18.5 Å². The van der Waals surface area contributed by atoms with Crippen LogP contribution in [-0.4, -0.2) is 48.9 Å². The Kier molecular flexibility index (Phi) is 5.18. The summed E-state index contributed by atoms with van der Waals surface area (Å²) >= 11 is 0. The number of hydrogen-bond acceptors (Lipinski definition) is 2. The van der Waals surface area contributed by atoms with Gasteiger partial charge in [0, 0.05) is 26.2 Å². The van der Waals surface area contributed by atoms with Crippen molar-refractivity contribution in [2.24, 2.45) is 5.92 Å². The van der Waals surface area contributed by atoms with Gasteiger partial charge < -0.3 is 9.80 Å². The monoisotopic (exact) mass is 274 g/mol. The maximum Gasteiger partial charge on any atom is 0.230 e. The molecule has 1 aliphatic heterocycles. The van der Waals surface area contributed by atoms with Gasteiger partial charge in [-0.1, -0.05) is 50.6 Å². The summed E-state index contributed by atoms with van der Waals surface area (Å²) in [5.41, 5.74) is 1.16. The highest BCUT2D eigenvalue weighted by Crippen LogP contribution is 2.29. The highest BCUT2D eigenvalue weighted by molar-refractivity contribution is 5.84. The maximum absolute atomic E-state index is 12.9. The zero-order valence-electron chi connectivity index (χ0n) is 12.9. The van der Waals surface area contributed by atoms with Crippen molar-refractivity contribution in [1.29, 1.82) is 0 Å². The van der Waals surface area contributed by atoms with E-state index in [0.717, 1.165) is 38.2 Å². The number of carbonyl (C=O) groups is 1. The molecule has 0 radical (unpaired) electrons. The first kappa shape index (κ1) is 15.0. The van der Waals surface area contributed by atoms with Crippen molar-refractivity contribution >= 4 is 5.91 Å². The molecule has 0 N–H and O–H groups in total. The average Bonchev–Trinajstić information content (AvgIpc) is 2.49. The van der Waals surface area contributed by atoms with Gasteiger partial charge in [0.25, 0.3) is 0 Å². The minimum Gasteiger partial charge on any atom is -0.340 e. The number of likely N-dealkylation sites (N-methyl/N-ethyl adjacent to an activating group) is 1. The molecule has 1 aromatic rings. The Hall–Kier alpha value is -1.35. The normalized spacial score (nSPS) is 19.6. The van der Waals surface area contributed by atoms with E-state index in [-0.39, 0.29) is 5.92 Å². The van der Waals surface area contributed by atoms with Crippen molar-refractivity contribution in [3.8, 4) is 0 Å². The van der Waals surface area contributed by atoms with Crippen LogP contribution in [0.25, 0.3) is 0 Å². The SMILES string of the molecule is CCC(C)C(C(=O)N1CCN(C)CC1)c1ccccc1. The van der Waals surface area contributed by atoms with Crippen LogP contribution in [0.2, 0.25) is 0 Å². The van der Waals surface area contributed by atoms with Crippen LogP contribution < -0.4 is 0 Å². The molecule has 0 spiro atoms. The lowest BCUT2D eigenvalue weighted by molar-refractivity contribution is -0.135. The molecule has 1 heterocycles. The van der Waals surface area contributed by atoms with Crippen molar-refractivity contribution < 1.29 is 4.79 Å². The highest BCUT2D eigenvalue weighted by atomic mass is 16.2. The number of piperazine rings is 1. The first-order valence-electron chi connectivity index (χ1n) is 7.65. The number of benzene rings is 1. The predicted octanol–water partition coefficient (Wildman–Crippen LogP) is 2.59.